The lowest BCUT2D eigenvalue weighted by molar-refractivity contribution is -0.0683. The van der Waals surface area contributed by atoms with Gasteiger partial charge in [0.15, 0.2) is 0 Å². The predicted molar refractivity (Wildman–Crippen MR) is 101 cm³/mol. The maximum Gasteiger partial charge on any atom is 0.0211 e. The molecule has 0 unspecified atom stereocenters. The largest absolute Gasteiger partial charge is 0.330 e. The summed E-state index contributed by atoms with van der Waals surface area (Å²) < 4.78 is 0. The second kappa shape index (κ2) is 9.93. The molecule has 0 rings (SSSR count). The summed E-state index contributed by atoms with van der Waals surface area (Å²) in [6, 6.07) is 0. The third-order valence-corrected chi connectivity index (χ3v) is 7.15. The van der Waals surface area contributed by atoms with Crippen LogP contribution in [0.15, 0.2) is 0 Å². The molecule has 0 bridgehead atoms. The van der Waals surface area contributed by atoms with E-state index in [0.717, 1.165) is 25.8 Å². The van der Waals surface area contributed by atoms with Crippen molar-refractivity contribution in [3.05, 3.63) is 0 Å². The van der Waals surface area contributed by atoms with Crippen LogP contribution in [0.5, 0.6) is 0 Å². The number of rotatable bonds is 13. The molecule has 0 aromatic carbocycles. The molecular weight excluding hydrogens is 268 g/mol. The first kappa shape index (κ1) is 21.9. The molecule has 0 aliphatic heterocycles. The number of hydrogen-bond acceptors (Lipinski definition) is 2. The zero-order valence-electron chi connectivity index (χ0n) is 16.4. The average molecular weight is 313 g/mol. The summed E-state index contributed by atoms with van der Waals surface area (Å²) in [5, 5.41) is 0. The van der Waals surface area contributed by atoms with Crippen molar-refractivity contribution in [2.45, 2.75) is 111 Å². The van der Waals surface area contributed by atoms with Crippen molar-refractivity contribution in [3.63, 3.8) is 0 Å². The third kappa shape index (κ3) is 3.87. The van der Waals surface area contributed by atoms with E-state index in [2.05, 4.69) is 41.5 Å². The quantitative estimate of drug-likeness (QED) is 0.433. The fourth-order valence-electron chi connectivity index (χ4n) is 5.46. The summed E-state index contributed by atoms with van der Waals surface area (Å²) in [5.74, 6) is 0. The van der Waals surface area contributed by atoms with Gasteiger partial charge in [0.1, 0.15) is 0 Å². The maximum atomic E-state index is 7.04. The highest BCUT2D eigenvalue weighted by Crippen LogP contribution is 2.59. The van der Waals surface area contributed by atoms with Crippen molar-refractivity contribution in [1.82, 2.24) is 0 Å². The minimum absolute atomic E-state index is 0.0453. The van der Waals surface area contributed by atoms with Gasteiger partial charge < -0.3 is 11.5 Å². The van der Waals surface area contributed by atoms with Crippen LogP contribution in [-0.4, -0.2) is 12.1 Å². The van der Waals surface area contributed by atoms with Crippen molar-refractivity contribution in [1.29, 1.82) is 0 Å². The van der Waals surface area contributed by atoms with Crippen LogP contribution < -0.4 is 11.5 Å². The number of hydrogen-bond donors (Lipinski definition) is 2. The smallest absolute Gasteiger partial charge is 0.0211 e. The van der Waals surface area contributed by atoms with Crippen molar-refractivity contribution in [2.75, 3.05) is 6.54 Å². The molecule has 0 amide bonds. The van der Waals surface area contributed by atoms with E-state index in [1.807, 2.05) is 0 Å². The fraction of sp³-hybridized carbons (Fsp3) is 1.00. The molecule has 0 heterocycles. The molecule has 4 N–H and O–H groups in total. The molecule has 2 heteroatoms. The van der Waals surface area contributed by atoms with Crippen LogP contribution in [0.25, 0.3) is 0 Å². The molecule has 134 valence electrons. The van der Waals surface area contributed by atoms with E-state index < -0.39 is 0 Å². The predicted octanol–water partition coefficient (Wildman–Crippen LogP) is 5.64. The molecule has 0 radical (unpaired) electrons. The Morgan fingerprint density at radius 2 is 1.14 bits per heavy atom. The summed E-state index contributed by atoms with van der Waals surface area (Å²) in [6.07, 6.45) is 12.1. The van der Waals surface area contributed by atoms with Gasteiger partial charge in [0.05, 0.1) is 0 Å². The molecule has 0 aliphatic rings. The van der Waals surface area contributed by atoms with E-state index in [4.69, 9.17) is 11.5 Å². The molecule has 0 aliphatic carbocycles. The van der Waals surface area contributed by atoms with E-state index >= 15 is 0 Å². The first-order valence-corrected chi connectivity index (χ1v) is 9.91. The number of nitrogens with two attached hydrogens (primary N) is 2. The van der Waals surface area contributed by atoms with Crippen LogP contribution in [0.3, 0.4) is 0 Å². The first-order valence-electron chi connectivity index (χ1n) is 9.91. The molecule has 22 heavy (non-hydrogen) atoms. The zero-order valence-corrected chi connectivity index (χ0v) is 16.4. The Morgan fingerprint density at radius 1 is 0.636 bits per heavy atom. The SMILES string of the molecule is CCC(N)(CC)C(CC)(CC)C(CC)(CC)CCCCCN. The second-order valence-corrected chi connectivity index (χ2v) is 7.24. The highest BCUT2D eigenvalue weighted by atomic mass is 14.8. The number of unbranched alkanes of at least 4 members (excludes halogenated alkanes) is 2. The van der Waals surface area contributed by atoms with Crippen LogP contribution in [0.2, 0.25) is 0 Å². The van der Waals surface area contributed by atoms with Gasteiger partial charge in [-0.15, -0.1) is 0 Å². The zero-order chi connectivity index (χ0) is 17.3. The van der Waals surface area contributed by atoms with Gasteiger partial charge in [-0.1, -0.05) is 54.4 Å². The van der Waals surface area contributed by atoms with Crippen LogP contribution in [-0.2, 0) is 0 Å². The van der Waals surface area contributed by atoms with Crippen molar-refractivity contribution in [3.8, 4) is 0 Å². The van der Waals surface area contributed by atoms with Gasteiger partial charge in [-0.2, -0.15) is 0 Å². The molecule has 0 aromatic heterocycles. The fourth-order valence-corrected chi connectivity index (χ4v) is 5.46. The highest BCUT2D eigenvalue weighted by molar-refractivity contribution is 5.09. The van der Waals surface area contributed by atoms with Crippen LogP contribution in [0, 0.1) is 10.8 Å². The second-order valence-electron chi connectivity index (χ2n) is 7.24. The van der Waals surface area contributed by atoms with Gasteiger partial charge in [0, 0.05) is 5.54 Å². The molecule has 2 nitrogen and oxygen atoms in total. The lowest BCUT2D eigenvalue weighted by Crippen LogP contribution is -2.62. The minimum Gasteiger partial charge on any atom is -0.330 e. The monoisotopic (exact) mass is 312 g/mol. The van der Waals surface area contributed by atoms with Gasteiger partial charge in [-0.05, 0) is 68.7 Å². The van der Waals surface area contributed by atoms with Gasteiger partial charge in [0.2, 0.25) is 0 Å². The molecule has 0 fully saturated rings. The Bertz CT molecular complexity index is 273. The van der Waals surface area contributed by atoms with Crippen LogP contribution in [0.1, 0.15) is 106 Å². The molecular formula is C20H44N2. The van der Waals surface area contributed by atoms with Gasteiger partial charge >= 0.3 is 0 Å². The molecule has 0 saturated carbocycles. The van der Waals surface area contributed by atoms with Crippen molar-refractivity contribution in [2.24, 2.45) is 22.3 Å². The van der Waals surface area contributed by atoms with E-state index in [-0.39, 0.29) is 11.0 Å². The van der Waals surface area contributed by atoms with Gasteiger partial charge in [0.25, 0.3) is 0 Å². The van der Waals surface area contributed by atoms with Crippen molar-refractivity contribution < 1.29 is 0 Å². The summed E-state index contributed by atoms with van der Waals surface area (Å²) in [4.78, 5) is 0. The lowest BCUT2D eigenvalue weighted by atomic mass is 9.47. The Labute approximate surface area is 140 Å². The summed E-state index contributed by atoms with van der Waals surface area (Å²) in [5.41, 5.74) is 13.3. The molecule has 0 saturated heterocycles. The Kier molecular flexibility index (Phi) is 9.89. The van der Waals surface area contributed by atoms with Crippen LogP contribution >= 0.6 is 0 Å². The lowest BCUT2D eigenvalue weighted by Gasteiger charge is -2.59. The molecule has 0 aromatic rings. The minimum atomic E-state index is -0.0453. The van der Waals surface area contributed by atoms with Crippen molar-refractivity contribution >= 4 is 0 Å². The summed E-state index contributed by atoms with van der Waals surface area (Å²) >= 11 is 0. The van der Waals surface area contributed by atoms with E-state index in [1.54, 1.807) is 0 Å². The van der Waals surface area contributed by atoms with E-state index in [9.17, 15) is 0 Å². The standard InChI is InChI=1S/C20H44N2/c1-7-18(8-2,16-14-13-15-17-21)19(9-3,10-4)20(22,11-5)12-6/h7-17,21-22H2,1-6H3. The Hall–Kier alpha value is -0.0800. The summed E-state index contributed by atoms with van der Waals surface area (Å²) in [7, 11) is 0. The Balaban J connectivity index is 5.68. The molecule has 0 atom stereocenters. The van der Waals surface area contributed by atoms with E-state index in [0.29, 0.717) is 5.41 Å². The van der Waals surface area contributed by atoms with E-state index in [1.165, 1.54) is 44.9 Å². The van der Waals surface area contributed by atoms with Gasteiger partial charge in [-0.3, -0.25) is 0 Å². The van der Waals surface area contributed by atoms with Crippen LogP contribution in [0.4, 0.5) is 0 Å². The molecule has 0 spiro atoms. The maximum absolute atomic E-state index is 7.04. The average Bonchev–Trinajstić information content (AvgIpc) is 2.57. The topological polar surface area (TPSA) is 52.0 Å². The highest BCUT2D eigenvalue weighted by Gasteiger charge is 2.55. The van der Waals surface area contributed by atoms with Gasteiger partial charge in [-0.25, -0.2) is 0 Å². The summed E-state index contributed by atoms with van der Waals surface area (Å²) in [6.45, 7) is 14.9. The Morgan fingerprint density at radius 3 is 1.45 bits per heavy atom. The first-order chi connectivity index (χ1) is 10.4. The third-order valence-electron chi connectivity index (χ3n) is 7.15. The normalized spacial score (nSPS) is 13.6.